The number of hydrogen-bond acceptors (Lipinski definition) is 6. The van der Waals surface area contributed by atoms with Crippen LogP contribution < -0.4 is 5.32 Å². The van der Waals surface area contributed by atoms with Crippen molar-refractivity contribution < 1.29 is 4.42 Å². The molecular weight excluding hydrogens is 368 g/mol. The average Bonchev–Trinajstić information content (AvgIpc) is 3.46. The Bertz CT molecular complexity index is 1170. The first kappa shape index (κ1) is 17.5. The normalized spacial score (nSPS) is 10.2. The van der Waals surface area contributed by atoms with E-state index in [1.807, 2.05) is 41.8 Å². The van der Waals surface area contributed by atoms with Gasteiger partial charge in [0.05, 0.1) is 28.5 Å². The third-order valence-electron chi connectivity index (χ3n) is 4.23. The zero-order chi connectivity index (χ0) is 19.3. The Labute approximate surface area is 166 Å². The number of anilines is 1. The zero-order valence-corrected chi connectivity index (χ0v) is 15.5. The summed E-state index contributed by atoms with van der Waals surface area (Å²) in [5.41, 5.74) is 3.52. The molecule has 0 unspecified atom stereocenters. The van der Waals surface area contributed by atoms with E-state index in [1.165, 1.54) is 0 Å². The number of hydrogen-bond donors (Lipinski definition) is 1. The highest BCUT2D eigenvalue weighted by atomic mass is 32.1. The number of benzene rings is 1. The van der Waals surface area contributed by atoms with Crippen molar-refractivity contribution in [1.29, 1.82) is 10.5 Å². The van der Waals surface area contributed by atoms with E-state index >= 15 is 0 Å². The summed E-state index contributed by atoms with van der Waals surface area (Å²) in [7, 11) is 0. The Morgan fingerprint density at radius 3 is 2.54 bits per heavy atom. The van der Waals surface area contributed by atoms with Gasteiger partial charge in [-0.25, -0.2) is 4.98 Å². The molecule has 134 valence electrons. The number of rotatable bonds is 5. The van der Waals surface area contributed by atoms with E-state index in [-0.39, 0.29) is 0 Å². The van der Waals surface area contributed by atoms with Crippen molar-refractivity contribution in [2.24, 2.45) is 0 Å². The van der Waals surface area contributed by atoms with Crippen LogP contribution in [-0.2, 0) is 6.54 Å². The van der Waals surface area contributed by atoms with Gasteiger partial charge in [0.25, 0.3) is 0 Å². The van der Waals surface area contributed by atoms with Gasteiger partial charge < -0.3 is 9.73 Å². The maximum Gasteiger partial charge on any atom is 0.145 e. The summed E-state index contributed by atoms with van der Waals surface area (Å²) in [6.07, 6.45) is 1.59. The van der Waals surface area contributed by atoms with Crippen LogP contribution in [0.15, 0.2) is 70.7 Å². The van der Waals surface area contributed by atoms with Crippen molar-refractivity contribution in [3.05, 3.63) is 82.9 Å². The second-order valence-corrected chi connectivity index (χ2v) is 6.96. The van der Waals surface area contributed by atoms with E-state index in [2.05, 4.69) is 22.4 Å². The van der Waals surface area contributed by atoms with Crippen LogP contribution in [0.25, 0.3) is 21.9 Å². The number of thiophene rings is 1. The van der Waals surface area contributed by atoms with Crippen molar-refractivity contribution in [1.82, 2.24) is 4.98 Å². The van der Waals surface area contributed by atoms with Gasteiger partial charge in [-0.2, -0.15) is 10.5 Å². The van der Waals surface area contributed by atoms with Gasteiger partial charge in [-0.1, -0.05) is 18.2 Å². The van der Waals surface area contributed by atoms with Gasteiger partial charge in [0.2, 0.25) is 0 Å². The standard InChI is InChI=1S/C22H14N4OS/c23-12-15-5-7-16(8-6-15)14-25-22-18(13-24)17(20-3-1-9-27-20)11-19(26-22)21-4-2-10-28-21/h1-11H,14H2,(H,25,26). The lowest BCUT2D eigenvalue weighted by Gasteiger charge is -2.12. The first-order chi connectivity index (χ1) is 13.8. The van der Waals surface area contributed by atoms with Crippen molar-refractivity contribution in [3.8, 4) is 34.0 Å². The van der Waals surface area contributed by atoms with Crippen LogP contribution in [0.1, 0.15) is 16.7 Å². The highest BCUT2D eigenvalue weighted by molar-refractivity contribution is 7.13. The van der Waals surface area contributed by atoms with Crippen molar-refractivity contribution in [2.75, 3.05) is 5.32 Å². The number of nitrogens with one attached hydrogen (secondary N) is 1. The van der Waals surface area contributed by atoms with Crippen LogP contribution in [0.3, 0.4) is 0 Å². The molecule has 3 aromatic heterocycles. The Morgan fingerprint density at radius 2 is 1.89 bits per heavy atom. The summed E-state index contributed by atoms with van der Waals surface area (Å²) in [6, 6.07) is 21.1. The maximum atomic E-state index is 9.78. The Balaban J connectivity index is 1.74. The molecule has 28 heavy (non-hydrogen) atoms. The smallest absolute Gasteiger partial charge is 0.145 e. The summed E-state index contributed by atoms with van der Waals surface area (Å²) in [6.45, 7) is 0.485. The molecule has 4 aromatic rings. The molecule has 0 spiro atoms. The predicted octanol–water partition coefficient (Wildman–Crippen LogP) is 5.43. The van der Waals surface area contributed by atoms with Gasteiger partial charge in [0.1, 0.15) is 23.2 Å². The van der Waals surface area contributed by atoms with Gasteiger partial charge in [-0.05, 0) is 47.3 Å². The minimum atomic E-state index is 0.434. The summed E-state index contributed by atoms with van der Waals surface area (Å²) in [5.74, 6) is 1.13. The summed E-state index contributed by atoms with van der Waals surface area (Å²) < 4.78 is 5.54. The second kappa shape index (κ2) is 7.79. The molecule has 0 radical (unpaired) electrons. The number of nitrogens with zero attached hydrogens (tertiary/aromatic N) is 3. The Kier molecular flexibility index (Phi) is 4.88. The topological polar surface area (TPSA) is 85.6 Å². The molecule has 0 saturated heterocycles. The fourth-order valence-corrected chi connectivity index (χ4v) is 3.53. The minimum Gasteiger partial charge on any atom is -0.464 e. The van der Waals surface area contributed by atoms with Crippen molar-refractivity contribution in [2.45, 2.75) is 6.54 Å². The Hall–Kier alpha value is -3.87. The molecule has 0 bridgehead atoms. The number of furan rings is 1. The van der Waals surface area contributed by atoms with Crippen LogP contribution in [-0.4, -0.2) is 4.98 Å². The molecule has 6 heteroatoms. The third kappa shape index (κ3) is 3.50. The molecule has 4 rings (SSSR count). The quantitative estimate of drug-likeness (QED) is 0.498. The number of nitriles is 2. The highest BCUT2D eigenvalue weighted by Crippen LogP contribution is 2.34. The van der Waals surface area contributed by atoms with Gasteiger partial charge in [0.15, 0.2) is 0 Å². The molecule has 0 amide bonds. The molecule has 1 aromatic carbocycles. The molecule has 1 N–H and O–H groups in total. The summed E-state index contributed by atoms with van der Waals surface area (Å²) >= 11 is 1.59. The van der Waals surface area contributed by atoms with Crippen LogP contribution in [0.4, 0.5) is 5.82 Å². The molecule has 5 nitrogen and oxygen atoms in total. The van der Waals surface area contributed by atoms with Gasteiger partial charge in [-0.15, -0.1) is 11.3 Å². The molecule has 0 aliphatic heterocycles. The lowest BCUT2D eigenvalue weighted by Crippen LogP contribution is -2.05. The summed E-state index contributed by atoms with van der Waals surface area (Å²) in [4.78, 5) is 5.70. The first-order valence-corrected chi connectivity index (χ1v) is 9.42. The number of pyridine rings is 1. The molecule has 0 aliphatic carbocycles. The predicted molar refractivity (Wildman–Crippen MR) is 108 cm³/mol. The fourth-order valence-electron chi connectivity index (χ4n) is 2.85. The van der Waals surface area contributed by atoms with Crippen LogP contribution in [0.2, 0.25) is 0 Å². The van der Waals surface area contributed by atoms with Crippen LogP contribution in [0.5, 0.6) is 0 Å². The zero-order valence-electron chi connectivity index (χ0n) is 14.7. The molecule has 3 heterocycles. The van der Waals surface area contributed by atoms with Crippen molar-refractivity contribution >= 4 is 17.2 Å². The van der Waals surface area contributed by atoms with Crippen molar-refractivity contribution in [3.63, 3.8) is 0 Å². The van der Waals surface area contributed by atoms with Crippen LogP contribution >= 0.6 is 11.3 Å². The Morgan fingerprint density at radius 1 is 1.04 bits per heavy atom. The molecule has 0 atom stereocenters. The number of aromatic nitrogens is 1. The fraction of sp³-hybridized carbons (Fsp3) is 0.0455. The van der Waals surface area contributed by atoms with E-state index in [0.29, 0.717) is 34.8 Å². The maximum absolute atomic E-state index is 9.78. The monoisotopic (exact) mass is 382 g/mol. The van der Waals surface area contributed by atoms with E-state index in [4.69, 9.17) is 9.68 Å². The molecule has 0 fully saturated rings. The third-order valence-corrected chi connectivity index (χ3v) is 5.13. The lowest BCUT2D eigenvalue weighted by atomic mass is 10.1. The summed E-state index contributed by atoms with van der Waals surface area (Å²) in [5, 5.41) is 24.0. The average molecular weight is 382 g/mol. The molecular formula is C22H14N4OS. The molecule has 0 saturated carbocycles. The lowest BCUT2D eigenvalue weighted by molar-refractivity contribution is 0.582. The second-order valence-electron chi connectivity index (χ2n) is 6.01. The van der Waals surface area contributed by atoms with Gasteiger partial charge in [-0.3, -0.25) is 0 Å². The highest BCUT2D eigenvalue weighted by Gasteiger charge is 2.17. The van der Waals surface area contributed by atoms with E-state index in [0.717, 1.165) is 16.1 Å². The minimum absolute atomic E-state index is 0.434. The molecule has 0 aliphatic rings. The first-order valence-electron chi connectivity index (χ1n) is 8.54. The van der Waals surface area contributed by atoms with Gasteiger partial charge >= 0.3 is 0 Å². The SMILES string of the molecule is N#Cc1ccc(CNc2nc(-c3cccs3)cc(-c3ccco3)c2C#N)cc1. The van der Waals surface area contributed by atoms with E-state index in [9.17, 15) is 5.26 Å². The van der Waals surface area contributed by atoms with E-state index in [1.54, 1.807) is 35.8 Å². The van der Waals surface area contributed by atoms with E-state index < -0.39 is 0 Å². The van der Waals surface area contributed by atoms with Gasteiger partial charge in [0, 0.05) is 12.1 Å². The largest absolute Gasteiger partial charge is 0.464 e. The van der Waals surface area contributed by atoms with Crippen LogP contribution in [0, 0.1) is 22.7 Å².